The molecule has 5 nitrogen and oxygen atoms in total. The highest BCUT2D eigenvalue weighted by molar-refractivity contribution is 6.29. The summed E-state index contributed by atoms with van der Waals surface area (Å²) in [6, 6.07) is 5.43. The van der Waals surface area contributed by atoms with Gasteiger partial charge in [0, 0.05) is 12.3 Å². The maximum Gasteiger partial charge on any atom is 0.158 e. The summed E-state index contributed by atoms with van der Waals surface area (Å²) in [6.07, 6.45) is 4.81. The van der Waals surface area contributed by atoms with Crippen molar-refractivity contribution in [3.63, 3.8) is 0 Å². The van der Waals surface area contributed by atoms with Crippen LogP contribution in [-0.4, -0.2) is 24.7 Å². The van der Waals surface area contributed by atoms with E-state index in [0.717, 1.165) is 11.0 Å². The lowest BCUT2D eigenvalue weighted by Gasteiger charge is -2.01. The van der Waals surface area contributed by atoms with Gasteiger partial charge in [-0.05, 0) is 12.1 Å². The van der Waals surface area contributed by atoms with Crippen molar-refractivity contribution in [3.8, 4) is 5.82 Å². The fourth-order valence-corrected chi connectivity index (χ4v) is 1.63. The fourth-order valence-electron chi connectivity index (χ4n) is 1.48. The monoisotopic (exact) mass is 231 g/mol. The minimum Gasteiger partial charge on any atom is -0.253 e. The molecule has 0 aliphatic carbocycles. The molecule has 3 rings (SSSR count). The Morgan fingerprint density at radius 1 is 1.19 bits per heavy atom. The number of halogens is 1. The molecule has 3 aromatic rings. The van der Waals surface area contributed by atoms with E-state index in [0.29, 0.717) is 11.0 Å². The van der Waals surface area contributed by atoms with Gasteiger partial charge in [-0.1, -0.05) is 11.6 Å². The highest BCUT2D eigenvalue weighted by Gasteiger charge is 2.06. The Kier molecular flexibility index (Phi) is 2.04. The summed E-state index contributed by atoms with van der Waals surface area (Å²) in [5.41, 5.74) is 1.70. The minimum absolute atomic E-state index is 0.387. The molecule has 0 bridgehead atoms. The zero-order valence-electron chi connectivity index (χ0n) is 8.08. The Hall–Kier alpha value is -2.01. The molecule has 3 heterocycles. The third-order valence-corrected chi connectivity index (χ3v) is 2.38. The normalized spacial score (nSPS) is 10.8. The van der Waals surface area contributed by atoms with Crippen LogP contribution < -0.4 is 0 Å². The van der Waals surface area contributed by atoms with Crippen molar-refractivity contribution in [2.75, 3.05) is 0 Å². The van der Waals surface area contributed by atoms with Crippen LogP contribution in [0.25, 0.3) is 16.9 Å². The summed E-state index contributed by atoms with van der Waals surface area (Å²) < 4.78 is 1.68. The van der Waals surface area contributed by atoms with E-state index in [4.69, 9.17) is 11.6 Å². The number of aromatic nitrogens is 5. The fraction of sp³-hybridized carbons (Fsp3) is 0. The first-order chi connectivity index (χ1) is 7.84. The maximum absolute atomic E-state index is 5.81. The van der Waals surface area contributed by atoms with Gasteiger partial charge in [-0.15, -0.1) is 0 Å². The first-order valence-corrected chi connectivity index (χ1v) is 4.99. The highest BCUT2D eigenvalue weighted by atomic mass is 35.5. The van der Waals surface area contributed by atoms with Crippen LogP contribution >= 0.6 is 11.6 Å². The molecule has 16 heavy (non-hydrogen) atoms. The summed E-state index contributed by atoms with van der Waals surface area (Å²) in [7, 11) is 0. The molecule has 0 amide bonds. The van der Waals surface area contributed by atoms with Gasteiger partial charge in [0.25, 0.3) is 0 Å². The zero-order chi connectivity index (χ0) is 11.0. The Balaban J connectivity index is 2.26. The van der Waals surface area contributed by atoms with Gasteiger partial charge in [0.1, 0.15) is 17.0 Å². The van der Waals surface area contributed by atoms with Crippen LogP contribution in [0.3, 0.4) is 0 Å². The topological polar surface area (TPSA) is 56.5 Å². The van der Waals surface area contributed by atoms with Crippen molar-refractivity contribution in [1.29, 1.82) is 0 Å². The van der Waals surface area contributed by atoms with Crippen LogP contribution in [0.1, 0.15) is 0 Å². The van der Waals surface area contributed by atoms with Gasteiger partial charge in [0.2, 0.25) is 0 Å². The first-order valence-electron chi connectivity index (χ1n) is 4.61. The average molecular weight is 232 g/mol. The number of hydrogen-bond acceptors (Lipinski definition) is 4. The van der Waals surface area contributed by atoms with Gasteiger partial charge < -0.3 is 0 Å². The number of hydrogen-bond donors (Lipinski definition) is 0. The third kappa shape index (κ3) is 1.42. The second-order valence-electron chi connectivity index (χ2n) is 3.16. The van der Waals surface area contributed by atoms with E-state index in [9.17, 15) is 0 Å². The molecule has 0 fully saturated rings. The SMILES string of the molecule is Clc1cc(-n2ncc3ncccc32)ncn1. The van der Waals surface area contributed by atoms with Crippen LogP contribution in [0.5, 0.6) is 0 Å². The predicted octanol–water partition coefficient (Wildman–Crippen LogP) is 1.86. The van der Waals surface area contributed by atoms with Crippen molar-refractivity contribution >= 4 is 22.6 Å². The highest BCUT2D eigenvalue weighted by Crippen LogP contribution is 2.15. The van der Waals surface area contributed by atoms with Crippen molar-refractivity contribution in [3.05, 3.63) is 42.1 Å². The van der Waals surface area contributed by atoms with Crippen molar-refractivity contribution in [2.24, 2.45) is 0 Å². The van der Waals surface area contributed by atoms with Crippen molar-refractivity contribution in [1.82, 2.24) is 24.7 Å². The minimum atomic E-state index is 0.387. The van der Waals surface area contributed by atoms with E-state index in [1.165, 1.54) is 6.33 Å². The second kappa shape index (κ2) is 3.53. The van der Waals surface area contributed by atoms with Crippen LogP contribution in [0.4, 0.5) is 0 Å². The summed E-state index contributed by atoms with van der Waals surface area (Å²) in [5.74, 6) is 0.628. The molecule has 0 saturated heterocycles. The van der Waals surface area contributed by atoms with Gasteiger partial charge in [-0.25, -0.2) is 14.6 Å². The molecule has 0 aliphatic rings. The number of rotatable bonds is 1. The molecule has 0 unspecified atom stereocenters. The smallest absolute Gasteiger partial charge is 0.158 e. The summed E-state index contributed by atoms with van der Waals surface area (Å²) >= 11 is 5.81. The molecular formula is C10H6ClN5. The quantitative estimate of drug-likeness (QED) is 0.600. The zero-order valence-corrected chi connectivity index (χ0v) is 8.83. The standard InChI is InChI=1S/C10H6ClN5/c11-9-4-10(14-6-13-9)16-8-2-1-3-12-7(8)5-15-16/h1-6H. The van der Waals surface area contributed by atoms with Gasteiger partial charge in [-0.2, -0.15) is 5.10 Å². The average Bonchev–Trinajstić information content (AvgIpc) is 2.72. The van der Waals surface area contributed by atoms with E-state index < -0.39 is 0 Å². The summed E-state index contributed by atoms with van der Waals surface area (Å²) in [4.78, 5) is 12.1. The van der Waals surface area contributed by atoms with Crippen LogP contribution in [-0.2, 0) is 0 Å². The van der Waals surface area contributed by atoms with Crippen molar-refractivity contribution in [2.45, 2.75) is 0 Å². The van der Waals surface area contributed by atoms with E-state index in [1.807, 2.05) is 12.1 Å². The van der Waals surface area contributed by atoms with Gasteiger partial charge in [-0.3, -0.25) is 4.98 Å². The lowest BCUT2D eigenvalue weighted by Crippen LogP contribution is -1.99. The lowest BCUT2D eigenvalue weighted by molar-refractivity contribution is 0.866. The first kappa shape index (κ1) is 9.23. The molecule has 0 atom stereocenters. The Bertz CT molecular complexity index is 648. The molecule has 6 heteroatoms. The summed E-state index contributed by atoms with van der Waals surface area (Å²) in [6.45, 7) is 0. The van der Waals surface area contributed by atoms with E-state index in [2.05, 4.69) is 20.1 Å². The molecule has 0 aromatic carbocycles. The lowest BCUT2D eigenvalue weighted by atomic mass is 10.4. The Labute approximate surface area is 95.7 Å². The second-order valence-corrected chi connectivity index (χ2v) is 3.55. The number of pyridine rings is 1. The Morgan fingerprint density at radius 3 is 3.00 bits per heavy atom. The van der Waals surface area contributed by atoms with Crippen LogP contribution in [0, 0.1) is 0 Å². The third-order valence-electron chi connectivity index (χ3n) is 2.18. The van der Waals surface area contributed by atoms with Crippen LogP contribution in [0.15, 0.2) is 36.9 Å². The van der Waals surface area contributed by atoms with E-state index >= 15 is 0 Å². The molecule has 0 spiro atoms. The predicted molar refractivity (Wildman–Crippen MR) is 59.5 cm³/mol. The van der Waals surface area contributed by atoms with Gasteiger partial charge in [0.15, 0.2) is 5.82 Å². The van der Waals surface area contributed by atoms with E-state index in [1.54, 1.807) is 23.1 Å². The molecule has 0 N–H and O–H groups in total. The molecular weight excluding hydrogens is 226 g/mol. The van der Waals surface area contributed by atoms with Crippen LogP contribution in [0.2, 0.25) is 5.15 Å². The largest absolute Gasteiger partial charge is 0.253 e. The molecule has 0 aliphatic heterocycles. The molecule has 78 valence electrons. The number of fused-ring (bicyclic) bond motifs is 1. The van der Waals surface area contributed by atoms with Gasteiger partial charge in [0.05, 0.1) is 11.7 Å². The number of nitrogens with zero attached hydrogens (tertiary/aromatic N) is 5. The van der Waals surface area contributed by atoms with Crippen molar-refractivity contribution < 1.29 is 0 Å². The summed E-state index contributed by atoms with van der Waals surface area (Å²) in [5, 5.41) is 4.60. The van der Waals surface area contributed by atoms with E-state index in [-0.39, 0.29) is 0 Å². The van der Waals surface area contributed by atoms with Gasteiger partial charge >= 0.3 is 0 Å². The molecule has 0 radical (unpaired) electrons. The Morgan fingerprint density at radius 2 is 2.12 bits per heavy atom. The maximum atomic E-state index is 5.81. The molecule has 3 aromatic heterocycles. The molecule has 0 saturated carbocycles.